The van der Waals surface area contributed by atoms with E-state index >= 15 is 0 Å². The molecule has 100 valence electrons. The normalized spacial score (nSPS) is 24.5. The fourth-order valence-electron chi connectivity index (χ4n) is 2.33. The van der Waals surface area contributed by atoms with E-state index in [4.69, 9.17) is 4.74 Å². The highest BCUT2D eigenvalue weighted by Crippen LogP contribution is 2.25. The van der Waals surface area contributed by atoms with Crippen LogP contribution in [-0.2, 0) is 4.74 Å². The molecule has 1 fully saturated rings. The Morgan fingerprint density at radius 3 is 2.50 bits per heavy atom. The summed E-state index contributed by atoms with van der Waals surface area (Å²) in [6, 6.07) is 3.56. The molecule has 0 radical (unpaired) electrons. The van der Waals surface area contributed by atoms with Gasteiger partial charge in [0.05, 0.1) is 12.2 Å². The van der Waals surface area contributed by atoms with Crippen LogP contribution >= 0.6 is 0 Å². The zero-order valence-corrected chi connectivity index (χ0v) is 10.7. The number of ether oxygens (including phenoxy) is 1. The smallest absolute Gasteiger partial charge is 0.126 e. The van der Waals surface area contributed by atoms with Crippen molar-refractivity contribution in [2.75, 3.05) is 13.1 Å². The van der Waals surface area contributed by atoms with Crippen LogP contribution < -0.4 is 5.32 Å². The average molecular weight is 255 g/mol. The molecule has 1 saturated heterocycles. The minimum absolute atomic E-state index is 0.107. The minimum Gasteiger partial charge on any atom is -0.368 e. The molecule has 18 heavy (non-hydrogen) atoms. The molecule has 0 saturated carbocycles. The van der Waals surface area contributed by atoms with Crippen LogP contribution in [0.2, 0.25) is 0 Å². The van der Waals surface area contributed by atoms with E-state index in [9.17, 15) is 8.78 Å². The van der Waals surface area contributed by atoms with Crippen molar-refractivity contribution in [1.82, 2.24) is 5.32 Å². The Kier molecular flexibility index (Phi) is 4.30. The second-order valence-electron chi connectivity index (χ2n) is 5.24. The highest BCUT2D eigenvalue weighted by molar-refractivity contribution is 5.21. The van der Waals surface area contributed by atoms with E-state index in [2.05, 4.69) is 19.2 Å². The van der Waals surface area contributed by atoms with Crippen LogP contribution in [0, 0.1) is 17.6 Å². The average Bonchev–Trinajstić information content (AvgIpc) is 2.27. The zero-order valence-electron chi connectivity index (χ0n) is 10.7. The van der Waals surface area contributed by atoms with Crippen molar-refractivity contribution in [3.05, 3.63) is 35.4 Å². The van der Waals surface area contributed by atoms with Gasteiger partial charge in [0.25, 0.3) is 0 Å². The van der Waals surface area contributed by atoms with Gasteiger partial charge in [-0.05, 0) is 30.0 Å². The number of hydrogen-bond donors (Lipinski definition) is 1. The molecule has 1 heterocycles. The van der Waals surface area contributed by atoms with Crippen LogP contribution in [0.4, 0.5) is 8.78 Å². The molecule has 0 amide bonds. The molecule has 1 N–H and O–H groups in total. The molecule has 2 unspecified atom stereocenters. The van der Waals surface area contributed by atoms with Gasteiger partial charge >= 0.3 is 0 Å². The van der Waals surface area contributed by atoms with Crippen LogP contribution in [0.1, 0.15) is 31.9 Å². The van der Waals surface area contributed by atoms with Gasteiger partial charge < -0.3 is 10.1 Å². The summed E-state index contributed by atoms with van der Waals surface area (Å²) in [5.41, 5.74) is 0.563. The van der Waals surface area contributed by atoms with Crippen molar-refractivity contribution in [3.63, 3.8) is 0 Å². The predicted molar refractivity (Wildman–Crippen MR) is 66.3 cm³/mol. The van der Waals surface area contributed by atoms with Gasteiger partial charge in [-0.2, -0.15) is 0 Å². The van der Waals surface area contributed by atoms with Gasteiger partial charge in [0, 0.05) is 19.2 Å². The van der Waals surface area contributed by atoms with E-state index in [1.807, 2.05) is 0 Å². The highest BCUT2D eigenvalue weighted by atomic mass is 19.1. The maximum absolute atomic E-state index is 13.2. The monoisotopic (exact) mass is 255 g/mol. The maximum Gasteiger partial charge on any atom is 0.126 e. The Balaban J connectivity index is 2.08. The number of halogens is 2. The van der Waals surface area contributed by atoms with E-state index in [1.165, 1.54) is 12.1 Å². The molecule has 1 aromatic carbocycles. The number of nitrogens with one attached hydrogen (secondary N) is 1. The van der Waals surface area contributed by atoms with Gasteiger partial charge in [-0.15, -0.1) is 0 Å². The van der Waals surface area contributed by atoms with E-state index in [1.54, 1.807) is 0 Å². The third-order valence-electron chi connectivity index (χ3n) is 3.05. The number of hydrogen-bond acceptors (Lipinski definition) is 2. The van der Waals surface area contributed by atoms with E-state index in [0.717, 1.165) is 19.0 Å². The molecule has 2 atom stereocenters. The lowest BCUT2D eigenvalue weighted by molar-refractivity contribution is -0.0476. The Labute approximate surface area is 106 Å². The zero-order chi connectivity index (χ0) is 13.1. The van der Waals surface area contributed by atoms with Gasteiger partial charge in [0.2, 0.25) is 0 Å². The standard InChI is InChI=1S/C14H19F2NO/c1-9(2)3-13-7-17-8-14(18-13)10-4-11(15)6-12(16)5-10/h4-6,9,13-14,17H,3,7-8H2,1-2H3. The first-order chi connectivity index (χ1) is 8.54. The van der Waals surface area contributed by atoms with Crippen molar-refractivity contribution in [3.8, 4) is 0 Å². The SMILES string of the molecule is CC(C)CC1CNCC(c2cc(F)cc(F)c2)O1. The molecule has 1 aliphatic rings. The fourth-order valence-corrected chi connectivity index (χ4v) is 2.33. The van der Waals surface area contributed by atoms with Crippen molar-refractivity contribution in [1.29, 1.82) is 0 Å². The lowest BCUT2D eigenvalue weighted by Crippen LogP contribution is -2.41. The van der Waals surface area contributed by atoms with Crippen molar-refractivity contribution < 1.29 is 13.5 Å². The molecule has 0 spiro atoms. The van der Waals surface area contributed by atoms with Gasteiger partial charge in [0.1, 0.15) is 11.6 Å². The second-order valence-corrected chi connectivity index (χ2v) is 5.24. The Morgan fingerprint density at radius 1 is 1.22 bits per heavy atom. The summed E-state index contributed by atoms with van der Waals surface area (Å²) < 4.78 is 32.2. The summed E-state index contributed by atoms with van der Waals surface area (Å²) in [7, 11) is 0. The summed E-state index contributed by atoms with van der Waals surface area (Å²) in [4.78, 5) is 0. The molecule has 2 nitrogen and oxygen atoms in total. The molecule has 0 aromatic heterocycles. The largest absolute Gasteiger partial charge is 0.368 e. The minimum atomic E-state index is -0.556. The number of benzene rings is 1. The summed E-state index contributed by atoms with van der Waals surface area (Å²) >= 11 is 0. The van der Waals surface area contributed by atoms with E-state index in [-0.39, 0.29) is 12.2 Å². The first-order valence-electron chi connectivity index (χ1n) is 6.36. The molecule has 2 rings (SSSR count). The van der Waals surface area contributed by atoms with Crippen LogP contribution in [0.25, 0.3) is 0 Å². The summed E-state index contributed by atoms with van der Waals surface area (Å²) in [6.45, 7) is 5.66. The first kappa shape index (κ1) is 13.4. The van der Waals surface area contributed by atoms with Crippen molar-refractivity contribution in [2.24, 2.45) is 5.92 Å². The lowest BCUT2D eigenvalue weighted by atomic mass is 10.0. The third kappa shape index (κ3) is 3.50. The van der Waals surface area contributed by atoms with Gasteiger partial charge in [-0.1, -0.05) is 13.8 Å². The second kappa shape index (κ2) is 5.76. The van der Waals surface area contributed by atoms with Crippen molar-refractivity contribution in [2.45, 2.75) is 32.5 Å². The van der Waals surface area contributed by atoms with Crippen LogP contribution in [0.5, 0.6) is 0 Å². The van der Waals surface area contributed by atoms with Gasteiger partial charge in [0.15, 0.2) is 0 Å². The fraction of sp³-hybridized carbons (Fsp3) is 0.571. The first-order valence-corrected chi connectivity index (χ1v) is 6.36. The Bertz CT molecular complexity index is 389. The number of rotatable bonds is 3. The molecule has 1 aromatic rings. The molecule has 0 aliphatic carbocycles. The van der Waals surface area contributed by atoms with Crippen molar-refractivity contribution >= 4 is 0 Å². The Morgan fingerprint density at radius 2 is 1.89 bits per heavy atom. The van der Waals surface area contributed by atoms with E-state index in [0.29, 0.717) is 18.0 Å². The van der Waals surface area contributed by atoms with Crippen LogP contribution in [0.3, 0.4) is 0 Å². The summed E-state index contributed by atoms with van der Waals surface area (Å²) in [6.07, 6.45) is 0.782. The number of morpholine rings is 1. The summed E-state index contributed by atoms with van der Waals surface area (Å²) in [5.74, 6) is -0.570. The molecular weight excluding hydrogens is 236 g/mol. The predicted octanol–water partition coefficient (Wildman–Crippen LogP) is 3.04. The highest BCUT2D eigenvalue weighted by Gasteiger charge is 2.24. The quantitative estimate of drug-likeness (QED) is 0.896. The molecular formula is C14H19F2NO. The van der Waals surface area contributed by atoms with Gasteiger partial charge in [-0.3, -0.25) is 0 Å². The van der Waals surface area contributed by atoms with Gasteiger partial charge in [-0.25, -0.2) is 8.78 Å². The summed E-state index contributed by atoms with van der Waals surface area (Å²) in [5, 5.41) is 3.26. The maximum atomic E-state index is 13.2. The van der Waals surface area contributed by atoms with Crippen LogP contribution in [-0.4, -0.2) is 19.2 Å². The molecule has 1 aliphatic heterocycles. The third-order valence-corrected chi connectivity index (χ3v) is 3.05. The topological polar surface area (TPSA) is 21.3 Å². The molecule has 0 bridgehead atoms. The Hall–Kier alpha value is -1.00. The van der Waals surface area contributed by atoms with E-state index < -0.39 is 11.6 Å². The molecule has 4 heteroatoms. The lowest BCUT2D eigenvalue weighted by Gasteiger charge is -2.32. The van der Waals surface area contributed by atoms with Crippen LogP contribution in [0.15, 0.2) is 18.2 Å².